The first-order valence-electron chi connectivity index (χ1n) is 7.50. The number of amides is 3. The quantitative estimate of drug-likeness (QED) is 0.787. The molecule has 1 aliphatic rings. The number of halogens is 1. The van der Waals surface area contributed by atoms with E-state index < -0.39 is 0 Å². The summed E-state index contributed by atoms with van der Waals surface area (Å²) >= 11 is 0. The van der Waals surface area contributed by atoms with E-state index in [2.05, 4.69) is 10.6 Å². The van der Waals surface area contributed by atoms with E-state index in [1.54, 1.807) is 17.0 Å². The molecule has 0 aromatic heterocycles. The van der Waals surface area contributed by atoms with Crippen molar-refractivity contribution in [2.75, 3.05) is 19.6 Å². The van der Waals surface area contributed by atoms with Gasteiger partial charge in [-0.25, -0.2) is 4.39 Å². The molecule has 1 fully saturated rings. The first kappa shape index (κ1) is 16.9. The summed E-state index contributed by atoms with van der Waals surface area (Å²) in [6.07, 6.45) is 0.897. The van der Waals surface area contributed by atoms with Crippen LogP contribution in [0.5, 0.6) is 0 Å². The van der Waals surface area contributed by atoms with E-state index in [1.807, 2.05) is 0 Å². The van der Waals surface area contributed by atoms with Gasteiger partial charge in [-0.3, -0.25) is 14.4 Å². The number of carbonyl (C=O) groups excluding carboxylic acids is 3. The Bertz CT molecular complexity index is 589. The number of rotatable bonds is 6. The molecule has 0 bridgehead atoms. The number of carbonyl (C=O) groups is 3. The van der Waals surface area contributed by atoms with Crippen molar-refractivity contribution in [2.24, 2.45) is 0 Å². The zero-order valence-corrected chi connectivity index (χ0v) is 13.0. The van der Waals surface area contributed by atoms with E-state index in [0.29, 0.717) is 19.5 Å². The number of hydrogen-bond donors (Lipinski definition) is 2. The number of hydrogen-bond acceptors (Lipinski definition) is 3. The Hall–Kier alpha value is -2.44. The van der Waals surface area contributed by atoms with E-state index >= 15 is 0 Å². The highest BCUT2D eigenvalue weighted by molar-refractivity contribution is 5.85. The Balaban J connectivity index is 1.77. The van der Waals surface area contributed by atoms with E-state index in [0.717, 1.165) is 5.56 Å². The molecular weight excluding hydrogens is 301 g/mol. The van der Waals surface area contributed by atoms with Crippen LogP contribution in [0, 0.1) is 5.82 Å². The summed E-state index contributed by atoms with van der Waals surface area (Å²) in [5, 5.41) is 5.15. The van der Waals surface area contributed by atoms with Gasteiger partial charge in [-0.2, -0.15) is 0 Å². The molecule has 1 heterocycles. The van der Waals surface area contributed by atoms with Gasteiger partial charge in [0.2, 0.25) is 17.7 Å². The number of benzene rings is 1. The normalized spacial score (nSPS) is 17.2. The molecule has 2 rings (SSSR count). The summed E-state index contributed by atoms with van der Waals surface area (Å²) in [7, 11) is 0. The van der Waals surface area contributed by atoms with Crippen LogP contribution < -0.4 is 10.6 Å². The first-order chi connectivity index (χ1) is 10.9. The van der Waals surface area contributed by atoms with Gasteiger partial charge in [0.1, 0.15) is 5.82 Å². The van der Waals surface area contributed by atoms with Gasteiger partial charge >= 0.3 is 0 Å². The van der Waals surface area contributed by atoms with Crippen LogP contribution in [0.1, 0.15) is 18.9 Å². The largest absolute Gasteiger partial charge is 0.350 e. The third-order valence-electron chi connectivity index (χ3n) is 3.66. The number of nitrogens with one attached hydrogen (secondary N) is 2. The van der Waals surface area contributed by atoms with E-state index in [9.17, 15) is 18.8 Å². The Morgan fingerprint density at radius 2 is 2.00 bits per heavy atom. The Kier molecular flexibility index (Phi) is 5.67. The van der Waals surface area contributed by atoms with Crippen LogP contribution in [-0.4, -0.2) is 48.3 Å². The van der Waals surface area contributed by atoms with Gasteiger partial charge < -0.3 is 15.5 Å². The second-order valence-electron chi connectivity index (χ2n) is 5.59. The monoisotopic (exact) mass is 321 g/mol. The van der Waals surface area contributed by atoms with Gasteiger partial charge in [-0.1, -0.05) is 12.1 Å². The summed E-state index contributed by atoms with van der Waals surface area (Å²) in [5.74, 6) is -0.883. The van der Waals surface area contributed by atoms with Gasteiger partial charge in [0.15, 0.2) is 0 Å². The first-order valence-corrected chi connectivity index (χ1v) is 7.50. The second-order valence-corrected chi connectivity index (χ2v) is 5.59. The lowest BCUT2D eigenvalue weighted by Crippen LogP contribution is -2.42. The minimum Gasteiger partial charge on any atom is -0.350 e. The molecule has 6 nitrogen and oxygen atoms in total. The number of likely N-dealkylation sites (tertiary alicyclic amines) is 1. The maximum Gasteiger partial charge on any atom is 0.239 e. The molecule has 124 valence electrons. The maximum atomic E-state index is 12.8. The topological polar surface area (TPSA) is 78.5 Å². The fourth-order valence-electron chi connectivity index (χ4n) is 2.48. The van der Waals surface area contributed by atoms with Crippen LogP contribution in [0.25, 0.3) is 0 Å². The molecule has 0 saturated carbocycles. The van der Waals surface area contributed by atoms with E-state index in [4.69, 9.17) is 0 Å². The second kappa shape index (κ2) is 7.71. The molecule has 1 aromatic carbocycles. The van der Waals surface area contributed by atoms with E-state index in [1.165, 1.54) is 19.1 Å². The van der Waals surface area contributed by atoms with Crippen molar-refractivity contribution in [1.82, 2.24) is 15.5 Å². The van der Waals surface area contributed by atoms with Crippen LogP contribution in [0.15, 0.2) is 24.3 Å². The minimum absolute atomic E-state index is 0.0167. The molecular formula is C16H20FN3O3. The lowest BCUT2D eigenvalue weighted by atomic mass is 10.1. The average Bonchev–Trinajstić information content (AvgIpc) is 2.84. The molecule has 23 heavy (non-hydrogen) atoms. The van der Waals surface area contributed by atoms with E-state index in [-0.39, 0.29) is 42.5 Å². The van der Waals surface area contributed by atoms with Crippen LogP contribution in [-0.2, 0) is 20.8 Å². The van der Waals surface area contributed by atoms with Crippen LogP contribution in [0.3, 0.4) is 0 Å². The molecule has 1 atom stereocenters. The molecule has 3 amide bonds. The Morgan fingerprint density at radius 3 is 2.65 bits per heavy atom. The third-order valence-corrected chi connectivity index (χ3v) is 3.66. The molecule has 7 heteroatoms. The van der Waals surface area contributed by atoms with Gasteiger partial charge in [0, 0.05) is 26.4 Å². The van der Waals surface area contributed by atoms with Crippen LogP contribution in [0.4, 0.5) is 4.39 Å². The van der Waals surface area contributed by atoms with Crippen molar-refractivity contribution in [3.05, 3.63) is 35.6 Å². The van der Waals surface area contributed by atoms with Crippen molar-refractivity contribution < 1.29 is 18.8 Å². The zero-order chi connectivity index (χ0) is 16.8. The summed E-state index contributed by atoms with van der Waals surface area (Å²) in [6, 6.07) is 5.95. The fourth-order valence-corrected chi connectivity index (χ4v) is 2.48. The molecule has 2 N–H and O–H groups in total. The van der Waals surface area contributed by atoms with Crippen LogP contribution >= 0.6 is 0 Å². The highest BCUT2D eigenvalue weighted by atomic mass is 19.1. The van der Waals surface area contributed by atoms with Crippen molar-refractivity contribution >= 4 is 17.7 Å². The predicted octanol–water partition coefficient (Wildman–Crippen LogP) is 0.221. The van der Waals surface area contributed by atoms with Gasteiger partial charge in [-0.05, 0) is 24.1 Å². The SMILES string of the molecule is CC(=O)NCC(=O)N[C@@H]1CC(=O)N(CCc2ccc(F)cc2)C1. The molecule has 1 saturated heterocycles. The smallest absolute Gasteiger partial charge is 0.239 e. The van der Waals surface area contributed by atoms with Gasteiger partial charge in [-0.15, -0.1) is 0 Å². The number of nitrogens with zero attached hydrogens (tertiary/aromatic N) is 1. The van der Waals surface area contributed by atoms with Crippen LogP contribution in [0.2, 0.25) is 0 Å². The fraction of sp³-hybridized carbons (Fsp3) is 0.438. The Morgan fingerprint density at radius 1 is 1.30 bits per heavy atom. The highest BCUT2D eigenvalue weighted by Gasteiger charge is 2.30. The molecule has 0 radical (unpaired) electrons. The summed E-state index contributed by atoms with van der Waals surface area (Å²) in [6.45, 7) is 2.23. The predicted molar refractivity (Wildman–Crippen MR) is 81.9 cm³/mol. The Labute approximate surface area is 134 Å². The summed E-state index contributed by atoms with van der Waals surface area (Å²) in [4.78, 5) is 36.0. The van der Waals surface area contributed by atoms with Crippen molar-refractivity contribution in [3.63, 3.8) is 0 Å². The maximum absolute atomic E-state index is 12.8. The molecule has 0 spiro atoms. The van der Waals surface area contributed by atoms with Gasteiger partial charge in [0.25, 0.3) is 0 Å². The average molecular weight is 321 g/mol. The summed E-state index contributed by atoms with van der Waals surface area (Å²) in [5.41, 5.74) is 0.956. The van der Waals surface area contributed by atoms with Gasteiger partial charge in [0.05, 0.1) is 12.6 Å². The van der Waals surface area contributed by atoms with Crippen molar-refractivity contribution in [2.45, 2.75) is 25.8 Å². The lowest BCUT2D eigenvalue weighted by molar-refractivity contribution is -0.127. The molecule has 1 aliphatic heterocycles. The zero-order valence-electron chi connectivity index (χ0n) is 13.0. The standard InChI is InChI=1S/C16H20FN3O3/c1-11(21)18-9-15(22)19-14-8-16(23)20(10-14)7-6-12-2-4-13(17)5-3-12/h2-5,14H,6-10H2,1H3,(H,18,21)(H,19,22)/t14-/m1/s1. The molecule has 0 unspecified atom stereocenters. The third kappa shape index (κ3) is 5.36. The lowest BCUT2D eigenvalue weighted by Gasteiger charge is -2.17. The molecule has 0 aliphatic carbocycles. The van der Waals surface area contributed by atoms with Crippen molar-refractivity contribution in [3.8, 4) is 0 Å². The minimum atomic E-state index is -0.307. The molecule has 1 aromatic rings. The highest BCUT2D eigenvalue weighted by Crippen LogP contribution is 2.12. The van der Waals surface area contributed by atoms with Crippen molar-refractivity contribution in [1.29, 1.82) is 0 Å². The summed E-state index contributed by atoms with van der Waals surface area (Å²) < 4.78 is 12.8.